The van der Waals surface area contributed by atoms with E-state index in [9.17, 15) is 4.79 Å². The van der Waals surface area contributed by atoms with Crippen molar-refractivity contribution in [3.8, 4) is 11.5 Å². The van der Waals surface area contributed by atoms with Crippen molar-refractivity contribution < 1.29 is 19.0 Å². The van der Waals surface area contributed by atoms with Gasteiger partial charge in [-0.25, -0.2) is 0 Å². The molecule has 1 N–H and O–H groups in total. The quantitative estimate of drug-likeness (QED) is 0.763. The van der Waals surface area contributed by atoms with Crippen LogP contribution in [0.2, 0.25) is 5.02 Å². The fraction of sp³-hybridized carbons (Fsp3) is 0.278. The first-order valence-electron chi connectivity index (χ1n) is 7.42. The molecule has 24 heavy (non-hydrogen) atoms. The molecule has 0 fully saturated rings. The predicted molar refractivity (Wildman–Crippen MR) is 94.0 cm³/mol. The summed E-state index contributed by atoms with van der Waals surface area (Å²) in [6.07, 6.45) is -0.460. The van der Waals surface area contributed by atoms with Crippen LogP contribution in [-0.4, -0.2) is 26.7 Å². The van der Waals surface area contributed by atoms with E-state index in [4.69, 9.17) is 25.8 Å². The zero-order valence-corrected chi connectivity index (χ0v) is 14.6. The molecule has 6 heteroatoms. The molecule has 0 heterocycles. The zero-order chi connectivity index (χ0) is 17.5. The molecular weight excluding hydrogens is 330 g/mol. The minimum Gasteiger partial charge on any atom is -0.493 e. The number of benzene rings is 2. The summed E-state index contributed by atoms with van der Waals surface area (Å²) < 4.78 is 16.0. The summed E-state index contributed by atoms with van der Waals surface area (Å²) in [6, 6.07) is 12.7. The van der Waals surface area contributed by atoms with Crippen LogP contribution in [0.15, 0.2) is 42.5 Å². The van der Waals surface area contributed by atoms with Crippen molar-refractivity contribution in [1.29, 1.82) is 0 Å². The summed E-state index contributed by atoms with van der Waals surface area (Å²) in [6.45, 7) is 1.80. The van der Waals surface area contributed by atoms with Gasteiger partial charge in [-0.15, -0.1) is 0 Å². The first-order chi connectivity index (χ1) is 11.5. The van der Waals surface area contributed by atoms with Crippen LogP contribution in [0.1, 0.15) is 18.6 Å². The molecule has 0 saturated heterocycles. The Morgan fingerprint density at radius 1 is 1.08 bits per heavy atom. The van der Waals surface area contributed by atoms with Crippen molar-refractivity contribution in [3.63, 3.8) is 0 Å². The smallest absolute Gasteiger partial charge is 0.303 e. The number of hydrogen-bond acceptors (Lipinski definition) is 5. The minimum absolute atomic E-state index is 0.354. The van der Waals surface area contributed by atoms with Crippen LogP contribution in [0.4, 0.5) is 5.69 Å². The topological polar surface area (TPSA) is 56.8 Å². The highest BCUT2D eigenvalue weighted by molar-refractivity contribution is 6.30. The fourth-order valence-corrected chi connectivity index (χ4v) is 2.39. The van der Waals surface area contributed by atoms with Gasteiger partial charge in [-0.2, -0.15) is 0 Å². The molecule has 0 saturated carbocycles. The summed E-state index contributed by atoms with van der Waals surface area (Å²) in [5.74, 6) is 0.847. The average Bonchev–Trinajstić information content (AvgIpc) is 2.59. The van der Waals surface area contributed by atoms with Gasteiger partial charge in [0.1, 0.15) is 6.10 Å². The van der Waals surface area contributed by atoms with Crippen molar-refractivity contribution >= 4 is 23.3 Å². The van der Waals surface area contributed by atoms with Crippen molar-refractivity contribution in [1.82, 2.24) is 0 Å². The van der Waals surface area contributed by atoms with Crippen molar-refractivity contribution in [2.24, 2.45) is 0 Å². The molecule has 0 aromatic heterocycles. The second-order valence-electron chi connectivity index (χ2n) is 5.10. The lowest BCUT2D eigenvalue weighted by molar-refractivity contribution is -0.146. The Hall–Kier alpha value is -2.40. The molecule has 0 radical (unpaired) electrons. The number of ether oxygens (including phenoxy) is 3. The van der Waals surface area contributed by atoms with Gasteiger partial charge >= 0.3 is 5.97 Å². The third-order valence-corrected chi connectivity index (χ3v) is 3.68. The van der Waals surface area contributed by atoms with E-state index >= 15 is 0 Å². The molecular formula is C18H20ClNO4. The number of esters is 1. The SMILES string of the molecule is COc1ccc([C@@H](CNc2ccc(Cl)cc2)OC(C)=O)cc1OC. The first kappa shape index (κ1) is 17.9. The second-order valence-corrected chi connectivity index (χ2v) is 5.54. The number of halogens is 1. The van der Waals surface area contributed by atoms with E-state index in [1.54, 1.807) is 38.5 Å². The van der Waals surface area contributed by atoms with Crippen LogP contribution in [0, 0.1) is 0 Å². The van der Waals surface area contributed by atoms with Gasteiger partial charge in [0.05, 0.1) is 20.8 Å². The van der Waals surface area contributed by atoms with Crippen molar-refractivity contribution in [3.05, 3.63) is 53.1 Å². The maximum atomic E-state index is 11.4. The predicted octanol–water partition coefficient (Wildman–Crippen LogP) is 4.07. The van der Waals surface area contributed by atoms with Crippen molar-refractivity contribution in [2.75, 3.05) is 26.1 Å². The molecule has 2 aromatic rings. The zero-order valence-electron chi connectivity index (χ0n) is 13.8. The van der Waals surface area contributed by atoms with E-state index in [-0.39, 0.29) is 5.97 Å². The van der Waals surface area contributed by atoms with Gasteiger partial charge in [-0.1, -0.05) is 17.7 Å². The maximum absolute atomic E-state index is 11.4. The van der Waals surface area contributed by atoms with Crippen molar-refractivity contribution in [2.45, 2.75) is 13.0 Å². The number of carbonyl (C=O) groups excluding carboxylic acids is 1. The van der Waals surface area contributed by atoms with Crippen LogP contribution in [-0.2, 0) is 9.53 Å². The summed E-state index contributed by atoms with van der Waals surface area (Å²) in [5, 5.41) is 3.90. The van der Waals surface area contributed by atoms with Gasteiger partial charge in [0.2, 0.25) is 0 Å². The van der Waals surface area contributed by atoms with E-state index in [1.165, 1.54) is 6.92 Å². The van der Waals surface area contributed by atoms with Gasteiger partial charge in [-0.3, -0.25) is 4.79 Å². The van der Waals surface area contributed by atoms with Gasteiger partial charge in [-0.05, 0) is 42.0 Å². The second kappa shape index (κ2) is 8.45. The van der Waals surface area contributed by atoms with Gasteiger partial charge in [0.15, 0.2) is 11.5 Å². The minimum atomic E-state index is -0.460. The molecule has 0 spiro atoms. The van der Waals surface area contributed by atoms with Crippen LogP contribution < -0.4 is 14.8 Å². The Morgan fingerprint density at radius 3 is 2.33 bits per heavy atom. The average molecular weight is 350 g/mol. The number of carbonyl (C=O) groups is 1. The molecule has 1 atom stereocenters. The molecule has 128 valence electrons. The fourth-order valence-electron chi connectivity index (χ4n) is 2.26. The Labute approximate surface area is 146 Å². The van der Waals surface area contributed by atoms with E-state index in [1.807, 2.05) is 18.2 Å². The molecule has 0 unspecified atom stereocenters. The van der Waals surface area contributed by atoms with E-state index in [2.05, 4.69) is 5.32 Å². The van der Waals surface area contributed by atoms with E-state index in [0.717, 1.165) is 11.3 Å². The van der Waals surface area contributed by atoms with E-state index < -0.39 is 6.10 Å². The Kier molecular flexibility index (Phi) is 6.32. The standard InChI is InChI=1S/C18H20ClNO4/c1-12(21)24-18(11-20-15-7-5-14(19)6-8-15)13-4-9-16(22-2)17(10-13)23-3/h4-10,18,20H,11H2,1-3H3/t18-/m1/s1. The summed E-state index contributed by atoms with van der Waals surface area (Å²) in [4.78, 5) is 11.4. The number of hydrogen-bond donors (Lipinski definition) is 1. The molecule has 0 aliphatic heterocycles. The largest absolute Gasteiger partial charge is 0.493 e. The lowest BCUT2D eigenvalue weighted by Gasteiger charge is -2.20. The molecule has 0 aliphatic carbocycles. The molecule has 0 aliphatic rings. The molecule has 0 bridgehead atoms. The number of nitrogens with one attached hydrogen (secondary N) is 1. The van der Waals surface area contributed by atoms with Crippen LogP contribution >= 0.6 is 11.6 Å². The highest BCUT2D eigenvalue weighted by Crippen LogP contribution is 2.31. The van der Waals surface area contributed by atoms with Crippen LogP contribution in [0.25, 0.3) is 0 Å². The first-order valence-corrected chi connectivity index (χ1v) is 7.80. The van der Waals surface area contributed by atoms with Crippen LogP contribution in [0.3, 0.4) is 0 Å². The van der Waals surface area contributed by atoms with E-state index in [0.29, 0.717) is 23.1 Å². The Bertz CT molecular complexity index is 688. The number of methoxy groups -OCH3 is 2. The normalized spacial score (nSPS) is 11.5. The number of anilines is 1. The summed E-state index contributed by atoms with van der Waals surface area (Å²) in [7, 11) is 3.14. The Morgan fingerprint density at radius 2 is 1.75 bits per heavy atom. The molecule has 0 amide bonds. The monoisotopic (exact) mass is 349 g/mol. The molecule has 5 nitrogen and oxygen atoms in total. The Balaban J connectivity index is 2.18. The molecule has 2 aromatic carbocycles. The van der Waals surface area contributed by atoms with Crippen LogP contribution in [0.5, 0.6) is 11.5 Å². The third-order valence-electron chi connectivity index (χ3n) is 3.42. The lowest BCUT2D eigenvalue weighted by atomic mass is 10.1. The number of rotatable bonds is 7. The van der Waals surface area contributed by atoms with Gasteiger partial charge in [0.25, 0.3) is 0 Å². The summed E-state index contributed by atoms with van der Waals surface area (Å²) in [5.41, 5.74) is 1.70. The lowest BCUT2D eigenvalue weighted by Crippen LogP contribution is -2.18. The maximum Gasteiger partial charge on any atom is 0.303 e. The molecule has 2 rings (SSSR count). The summed E-state index contributed by atoms with van der Waals surface area (Å²) >= 11 is 5.88. The highest BCUT2D eigenvalue weighted by Gasteiger charge is 2.17. The van der Waals surface area contributed by atoms with Gasteiger partial charge in [0, 0.05) is 17.6 Å². The third kappa shape index (κ3) is 4.80. The highest BCUT2D eigenvalue weighted by atomic mass is 35.5. The van der Waals surface area contributed by atoms with Gasteiger partial charge < -0.3 is 19.5 Å².